The van der Waals surface area contributed by atoms with Crippen molar-refractivity contribution in [3.63, 3.8) is 0 Å². The summed E-state index contributed by atoms with van der Waals surface area (Å²) in [4.78, 5) is 2.41. The van der Waals surface area contributed by atoms with Crippen LogP contribution >= 0.6 is 11.6 Å². The molecule has 0 heterocycles. The van der Waals surface area contributed by atoms with Crippen molar-refractivity contribution in [2.75, 3.05) is 19.6 Å². The van der Waals surface area contributed by atoms with Gasteiger partial charge in [0.1, 0.15) is 0 Å². The first kappa shape index (κ1) is 18.8. The summed E-state index contributed by atoms with van der Waals surface area (Å²) in [5.74, 6) is 0.551. The molecule has 2 rings (SSSR count). The number of rotatable bonds is 7. The number of halogens is 1. The van der Waals surface area contributed by atoms with Crippen molar-refractivity contribution >= 4 is 11.6 Å². The SMILES string of the molecule is CCN(CC)CC(C)C(O)(c1ccc(Cl)cc1)C1CCCCC1. The summed E-state index contributed by atoms with van der Waals surface area (Å²) < 4.78 is 0. The molecule has 1 aromatic rings. The lowest BCUT2D eigenvalue weighted by Gasteiger charge is -2.44. The Bertz CT molecular complexity index is 465. The summed E-state index contributed by atoms with van der Waals surface area (Å²) in [5, 5.41) is 12.6. The minimum atomic E-state index is -0.756. The maximum atomic E-state index is 11.8. The molecule has 1 aromatic carbocycles. The van der Waals surface area contributed by atoms with Crippen LogP contribution in [0.15, 0.2) is 24.3 Å². The average molecular weight is 338 g/mol. The van der Waals surface area contributed by atoms with E-state index in [1.165, 1.54) is 19.3 Å². The summed E-state index contributed by atoms with van der Waals surface area (Å²) in [6, 6.07) is 7.87. The Hall–Kier alpha value is -0.570. The fourth-order valence-corrected chi connectivity index (χ4v) is 4.32. The summed E-state index contributed by atoms with van der Waals surface area (Å²) in [6.07, 6.45) is 6.03. The van der Waals surface area contributed by atoms with Crippen molar-refractivity contribution < 1.29 is 5.11 Å². The zero-order valence-electron chi connectivity index (χ0n) is 14.9. The van der Waals surface area contributed by atoms with Crippen LogP contribution in [0.1, 0.15) is 58.4 Å². The van der Waals surface area contributed by atoms with E-state index in [1.807, 2.05) is 24.3 Å². The molecular weight excluding hydrogens is 306 g/mol. The van der Waals surface area contributed by atoms with Crippen molar-refractivity contribution in [2.24, 2.45) is 11.8 Å². The van der Waals surface area contributed by atoms with Crippen LogP contribution in [-0.2, 0) is 5.60 Å². The highest BCUT2D eigenvalue weighted by Gasteiger charge is 2.43. The van der Waals surface area contributed by atoms with Crippen LogP contribution in [0.2, 0.25) is 5.02 Å². The third-order valence-corrected chi connectivity index (χ3v) is 5.96. The maximum Gasteiger partial charge on any atom is 0.0962 e. The number of hydrogen-bond acceptors (Lipinski definition) is 2. The Morgan fingerprint density at radius 3 is 2.22 bits per heavy atom. The summed E-state index contributed by atoms with van der Waals surface area (Å²) in [7, 11) is 0. The Morgan fingerprint density at radius 2 is 1.70 bits per heavy atom. The van der Waals surface area contributed by atoms with E-state index >= 15 is 0 Å². The molecule has 1 fully saturated rings. The predicted molar refractivity (Wildman–Crippen MR) is 98.9 cm³/mol. The van der Waals surface area contributed by atoms with E-state index in [0.717, 1.165) is 43.1 Å². The molecule has 3 heteroatoms. The summed E-state index contributed by atoms with van der Waals surface area (Å²) in [6.45, 7) is 9.59. The molecule has 130 valence electrons. The van der Waals surface area contributed by atoms with Gasteiger partial charge in [-0.3, -0.25) is 0 Å². The van der Waals surface area contributed by atoms with Crippen LogP contribution < -0.4 is 0 Å². The predicted octanol–water partition coefficient (Wildman–Crippen LogP) is 5.09. The van der Waals surface area contributed by atoms with Crippen molar-refractivity contribution in [3.8, 4) is 0 Å². The molecule has 0 spiro atoms. The minimum absolute atomic E-state index is 0.201. The smallest absolute Gasteiger partial charge is 0.0962 e. The third-order valence-electron chi connectivity index (χ3n) is 5.71. The Labute approximate surface area is 146 Å². The van der Waals surface area contributed by atoms with Gasteiger partial charge >= 0.3 is 0 Å². The van der Waals surface area contributed by atoms with Crippen molar-refractivity contribution in [2.45, 2.75) is 58.5 Å². The molecular formula is C20H32ClNO. The summed E-state index contributed by atoms with van der Waals surface area (Å²) >= 11 is 6.07. The second kappa shape index (κ2) is 8.50. The number of aliphatic hydroxyl groups is 1. The van der Waals surface area contributed by atoms with Gasteiger partial charge in [0.05, 0.1) is 5.60 Å². The molecule has 0 saturated heterocycles. The first-order chi connectivity index (χ1) is 11.0. The Kier molecular flexibility index (Phi) is 6.94. The van der Waals surface area contributed by atoms with Gasteiger partial charge in [-0.15, -0.1) is 0 Å². The van der Waals surface area contributed by atoms with Gasteiger partial charge < -0.3 is 10.0 Å². The van der Waals surface area contributed by atoms with E-state index in [-0.39, 0.29) is 5.92 Å². The first-order valence-corrected chi connectivity index (χ1v) is 9.60. The van der Waals surface area contributed by atoms with Crippen molar-refractivity contribution in [1.29, 1.82) is 0 Å². The Morgan fingerprint density at radius 1 is 1.13 bits per heavy atom. The highest BCUT2D eigenvalue weighted by Crippen LogP contribution is 2.44. The van der Waals surface area contributed by atoms with E-state index in [2.05, 4.69) is 25.7 Å². The van der Waals surface area contributed by atoms with Crippen LogP contribution in [-0.4, -0.2) is 29.6 Å². The van der Waals surface area contributed by atoms with E-state index < -0.39 is 5.60 Å². The normalized spacial score (nSPS) is 20.4. The van der Waals surface area contributed by atoms with Crippen LogP contribution in [0.25, 0.3) is 0 Å². The van der Waals surface area contributed by atoms with Gasteiger partial charge in [-0.1, -0.05) is 63.8 Å². The van der Waals surface area contributed by atoms with Crippen molar-refractivity contribution in [1.82, 2.24) is 4.90 Å². The minimum Gasteiger partial charge on any atom is -0.385 e. The molecule has 1 N–H and O–H groups in total. The molecule has 2 unspecified atom stereocenters. The molecule has 0 bridgehead atoms. The average Bonchev–Trinajstić information content (AvgIpc) is 2.60. The first-order valence-electron chi connectivity index (χ1n) is 9.23. The fourth-order valence-electron chi connectivity index (χ4n) is 4.19. The van der Waals surface area contributed by atoms with Crippen LogP contribution in [0.3, 0.4) is 0 Å². The molecule has 1 saturated carbocycles. The molecule has 2 nitrogen and oxygen atoms in total. The lowest BCUT2D eigenvalue weighted by molar-refractivity contribution is -0.0903. The van der Waals surface area contributed by atoms with Gasteiger partial charge in [0.25, 0.3) is 0 Å². The van der Waals surface area contributed by atoms with Gasteiger partial charge in [0.15, 0.2) is 0 Å². The van der Waals surface area contributed by atoms with E-state index in [4.69, 9.17) is 11.6 Å². The molecule has 2 atom stereocenters. The molecule has 23 heavy (non-hydrogen) atoms. The van der Waals surface area contributed by atoms with E-state index in [9.17, 15) is 5.11 Å². The van der Waals surface area contributed by atoms with Gasteiger partial charge in [-0.25, -0.2) is 0 Å². The molecule has 0 amide bonds. The lowest BCUT2D eigenvalue weighted by atomic mass is 9.67. The number of hydrogen-bond donors (Lipinski definition) is 1. The zero-order chi connectivity index (χ0) is 16.9. The van der Waals surface area contributed by atoms with E-state index in [0.29, 0.717) is 5.92 Å². The van der Waals surface area contributed by atoms with E-state index in [1.54, 1.807) is 0 Å². The number of benzene rings is 1. The highest BCUT2D eigenvalue weighted by molar-refractivity contribution is 6.30. The number of nitrogens with zero attached hydrogens (tertiary/aromatic N) is 1. The molecule has 0 aromatic heterocycles. The van der Waals surface area contributed by atoms with Gasteiger partial charge in [0, 0.05) is 17.5 Å². The monoisotopic (exact) mass is 337 g/mol. The lowest BCUT2D eigenvalue weighted by Crippen LogP contribution is -2.46. The van der Waals surface area contributed by atoms with Crippen LogP contribution in [0, 0.1) is 11.8 Å². The second-order valence-electron chi connectivity index (χ2n) is 7.05. The third kappa shape index (κ3) is 4.29. The fraction of sp³-hybridized carbons (Fsp3) is 0.700. The Balaban J connectivity index is 2.31. The molecule has 0 aliphatic heterocycles. The van der Waals surface area contributed by atoms with Gasteiger partial charge in [-0.05, 0) is 49.5 Å². The highest BCUT2D eigenvalue weighted by atomic mass is 35.5. The van der Waals surface area contributed by atoms with Crippen LogP contribution in [0.5, 0.6) is 0 Å². The van der Waals surface area contributed by atoms with Crippen LogP contribution in [0.4, 0.5) is 0 Å². The molecule has 1 aliphatic rings. The quantitative estimate of drug-likeness (QED) is 0.749. The maximum absolute atomic E-state index is 11.8. The van der Waals surface area contributed by atoms with Crippen molar-refractivity contribution in [3.05, 3.63) is 34.9 Å². The molecule has 1 aliphatic carbocycles. The largest absolute Gasteiger partial charge is 0.385 e. The molecule has 0 radical (unpaired) electrons. The topological polar surface area (TPSA) is 23.5 Å². The van der Waals surface area contributed by atoms with Gasteiger partial charge in [0.2, 0.25) is 0 Å². The second-order valence-corrected chi connectivity index (χ2v) is 7.49. The standard InChI is InChI=1S/C20H32ClNO/c1-4-22(5-2)15-16(3)20(23,17-9-7-6-8-10-17)18-11-13-19(21)14-12-18/h11-14,16-17,23H,4-10,15H2,1-3H3. The summed E-state index contributed by atoms with van der Waals surface area (Å²) in [5.41, 5.74) is 0.279. The zero-order valence-corrected chi connectivity index (χ0v) is 15.6. The van der Waals surface area contributed by atoms with Gasteiger partial charge in [-0.2, -0.15) is 0 Å².